The van der Waals surface area contributed by atoms with Gasteiger partial charge in [-0.25, -0.2) is 0 Å². The molecule has 2 rings (SSSR count). The van der Waals surface area contributed by atoms with Gasteiger partial charge in [0.25, 0.3) is 0 Å². The summed E-state index contributed by atoms with van der Waals surface area (Å²) in [7, 11) is 0. The molecule has 2 fully saturated rings. The third-order valence-corrected chi connectivity index (χ3v) is 6.18. The Morgan fingerprint density at radius 1 is 0.765 bits per heavy atom. The number of carbonyl (C=O) groups excluding carboxylic acids is 2. The second-order valence-electron chi connectivity index (χ2n) is 10.9. The molecule has 0 atom stereocenters. The smallest absolute Gasteiger partial charge is 0.168 e. The molecule has 0 radical (unpaired) electrons. The lowest BCUT2D eigenvalue weighted by Gasteiger charge is -2.31. The molecule has 0 amide bonds. The van der Waals surface area contributed by atoms with Crippen LogP contribution in [0.2, 0.25) is 0 Å². The van der Waals surface area contributed by atoms with E-state index in [-0.39, 0.29) is 33.9 Å². The molecule has 0 aromatic rings. The highest BCUT2D eigenvalue weighted by Gasteiger charge is 2.37. The lowest BCUT2D eigenvalue weighted by molar-refractivity contribution is -0.118. The van der Waals surface area contributed by atoms with E-state index in [0.717, 1.165) is 0 Å². The van der Waals surface area contributed by atoms with E-state index in [1.807, 2.05) is 27.7 Å². The molecule has 34 heavy (non-hydrogen) atoms. The number of hydrogen-bond donors (Lipinski definition) is 2. The minimum Gasteiger partial charge on any atom is -0.511 e. The van der Waals surface area contributed by atoms with Gasteiger partial charge in [0.05, 0.1) is 24.2 Å². The summed E-state index contributed by atoms with van der Waals surface area (Å²) in [5.41, 5.74) is 1.58. The lowest BCUT2D eigenvalue weighted by atomic mass is 9.73. The van der Waals surface area contributed by atoms with E-state index in [4.69, 9.17) is 0 Å². The van der Waals surface area contributed by atoms with E-state index in [2.05, 4.69) is 23.1 Å². The number of nitrogens with zero attached hydrogens (tertiary/aromatic N) is 2. The minimum absolute atomic E-state index is 0.0548. The van der Waals surface area contributed by atoms with E-state index in [1.165, 1.54) is 0 Å². The second-order valence-corrected chi connectivity index (χ2v) is 10.9. The van der Waals surface area contributed by atoms with Crippen molar-refractivity contribution in [3.63, 3.8) is 0 Å². The zero-order valence-corrected chi connectivity index (χ0v) is 21.2. The number of unbranched alkanes of at least 4 members (excludes halogenated alkanes) is 1. The van der Waals surface area contributed by atoms with Crippen LogP contribution >= 0.6 is 0 Å². The van der Waals surface area contributed by atoms with Gasteiger partial charge in [-0.15, -0.1) is 13.2 Å². The van der Waals surface area contributed by atoms with Crippen molar-refractivity contribution in [3.05, 3.63) is 48.0 Å². The first-order valence-corrected chi connectivity index (χ1v) is 12.1. The molecule has 186 valence electrons. The Hall–Kier alpha value is -2.76. The number of Topliss-reactive ketones (excluding diaryl/α,β-unsaturated/α-hetero) is 2. The summed E-state index contributed by atoms with van der Waals surface area (Å²) in [6.45, 7) is 16.3. The van der Waals surface area contributed by atoms with E-state index in [9.17, 15) is 19.8 Å². The summed E-state index contributed by atoms with van der Waals surface area (Å²) in [6, 6.07) is 0. The molecule has 0 bridgehead atoms. The first kappa shape index (κ1) is 27.5. The zero-order valence-electron chi connectivity index (χ0n) is 21.2. The summed E-state index contributed by atoms with van der Waals surface area (Å²) in [5.74, 6) is -0.0570. The first-order chi connectivity index (χ1) is 15.9. The van der Waals surface area contributed by atoms with Crippen LogP contribution in [0.25, 0.3) is 0 Å². The van der Waals surface area contributed by atoms with Crippen molar-refractivity contribution in [3.8, 4) is 0 Å². The van der Waals surface area contributed by atoms with Crippen molar-refractivity contribution >= 4 is 23.0 Å². The number of aliphatic hydroxyl groups is 2. The van der Waals surface area contributed by atoms with Gasteiger partial charge in [-0.3, -0.25) is 19.6 Å². The highest BCUT2D eigenvalue weighted by Crippen LogP contribution is 2.37. The summed E-state index contributed by atoms with van der Waals surface area (Å²) < 4.78 is 0. The van der Waals surface area contributed by atoms with Gasteiger partial charge in [-0.2, -0.15) is 0 Å². The molecule has 2 aliphatic rings. The van der Waals surface area contributed by atoms with Crippen LogP contribution in [0.3, 0.4) is 0 Å². The molecule has 0 unspecified atom stereocenters. The summed E-state index contributed by atoms with van der Waals surface area (Å²) in [4.78, 5) is 34.5. The highest BCUT2D eigenvalue weighted by atomic mass is 16.3. The summed E-state index contributed by atoms with van der Waals surface area (Å²) in [6.07, 6.45) is 7.11. The fraction of sp³-hybridized carbons (Fsp3) is 0.571. The van der Waals surface area contributed by atoms with Crippen molar-refractivity contribution in [1.29, 1.82) is 0 Å². The maximum atomic E-state index is 12.8. The average molecular weight is 469 g/mol. The number of ketones is 2. The Labute approximate surface area is 204 Å². The van der Waals surface area contributed by atoms with Gasteiger partial charge in [0, 0.05) is 37.1 Å². The van der Waals surface area contributed by atoms with Crippen LogP contribution < -0.4 is 0 Å². The Morgan fingerprint density at radius 3 is 1.44 bits per heavy atom. The quantitative estimate of drug-likeness (QED) is 0.182. The minimum atomic E-state index is -0.190. The molecule has 6 heteroatoms. The van der Waals surface area contributed by atoms with Crippen LogP contribution in [0.4, 0.5) is 0 Å². The normalized spacial score (nSPS) is 25.4. The van der Waals surface area contributed by atoms with Crippen LogP contribution in [0, 0.1) is 10.8 Å². The zero-order chi connectivity index (χ0) is 25.5. The van der Waals surface area contributed by atoms with Crippen molar-refractivity contribution < 1.29 is 19.8 Å². The van der Waals surface area contributed by atoms with Crippen LogP contribution in [0.15, 0.2) is 58.0 Å². The second kappa shape index (κ2) is 11.6. The third-order valence-electron chi connectivity index (χ3n) is 6.18. The predicted molar refractivity (Wildman–Crippen MR) is 139 cm³/mol. The lowest BCUT2D eigenvalue weighted by Crippen LogP contribution is -2.33. The molecule has 6 nitrogen and oxygen atoms in total. The Morgan fingerprint density at radius 2 is 1.12 bits per heavy atom. The van der Waals surface area contributed by atoms with Crippen molar-refractivity contribution in [2.45, 2.75) is 79.1 Å². The van der Waals surface area contributed by atoms with E-state index < -0.39 is 0 Å². The Kier molecular flexibility index (Phi) is 9.37. The molecule has 2 N–H and O–H groups in total. The highest BCUT2D eigenvalue weighted by molar-refractivity contribution is 6.25. The van der Waals surface area contributed by atoms with Crippen molar-refractivity contribution in [2.24, 2.45) is 20.8 Å². The Bertz CT molecular complexity index is 883. The maximum absolute atomic E-state index is 12.8. The fourth-order valence-electron chi connectivity index (χ4n) is 4.69. The molecule has 0 aromatic heterocycles. The molecule has 0 spiro atoms. The van der Waals surface area contributed by atoms with Gasteiger partial charge in [0.1, 0.15) is 11.5 Å². The number of allylic oxidation sites excluding steroid dienone is 4. The number of rotatable bonds is 9. The van der Waals surface area contributed by atoms with Crippen molar-refractivity contribution in [1.82, 2.24) is 0 Å². The third kappa shape index (κ3) is 7.37. The van der Waals surface area contributed by atoms with E-state index in [1.54, 1.807) is 12.2 Å². The average Bonchev–Trinajstić information content (AvgIpc) is 2.71. The van der Waals surface area contributed by atoms with Crippen LogP contribution in [-0.2, 0) is 9.59 Å². The fourth-order valence-corrected chi connectivity index (χ4v) is 4.69. The van der Waals surface area contributed by atoms with Gasteiger partial charge >= 0.3 is 0 Å². The number of hydrogen-bond acceptors (Lipinski definition) is 6. The van der Waals surface area contributed by atoms with Crippen molar-refractivity contribution in [2.75, 3.05) is 13.1 Å². The number of carbonyl (C=O) groups is 2. The van der Waals surface area contributed by atoms with Gasteiger partial charge in [-0.05, 0) is 36.5 Å². The molecule has 2 saturated carbocycles. The van der Waals surface area contributed by atoms with Gasteiger partial charge in [0.2, 0.25) is 0 Å². The summed E-state index contributed by atoms with van der Waals surface area (Å²) in [5, 5.41) is 21.5. The molecular weight excluding hydrogens is 428 g/mol. The number of aliphatic imine (C=N–C) groups is 2. The molecule has 0 aromatic carbocycles. The van der Waals surface area contributed by atoms with Gasteiger partial charge in [0.15, 0.2) is 11.6 Å². The van der Waals surface area contributed by atoms with Gasteiger partial charge < -0.3 is 10.2 Å². The molecule has 0 heterocycles. The SMILES string of the molecule is C=CCN=C1CC(C)(C)CC(=O)C1=C(O)CCCCC(O)=C1C(=O)CC(C)(C)CC1=NCC=C. The van der Waals surface area contributed by atoms with Crippen LogP contribution in [-0.4, -0.2) is 46.3 Å². The molecule has 0 saturated heterocycles. The predicted octanol–water partition coefficient (Wildman–Crippen LogP) is 6.20. The Balaban J connectivity index is 2.12. The molecule has 0 aliphatic heterocycles. The summed E-state index contributed by atoms with van der Waals surface area (Å²) >= 11 is 0. The first-order valence-electron chi connectivity index (χ1n) is 12.1. The largest absolute Gasteiger partial charge is 0.511 e. The van der Waals surface area contributed by atoms with E-state index >= 15 is 0 Å². The van der Waals surface area contributed by atoms with Crippen LogP contribution in [0.1, 0.15) is 79.1 Å². The molecule has 2 aliphatic carbocycles. The number of aliphatic hydroxyl groups excluding tert-OH is 2. The van der Waals surface area contributed by atoms with E-state index in [0.29, 0.717) is 87.0 Å². The standard InChI is InChI=1S/C28H40N2O4/c1-7-13-29-19-15-27(3,4)17-23(33)25(19)21(31)11-9-10-12-22(32)26-20(30-14-8-2)16-28(5,6)18-24(26)34/h7-8,31-32H,1-2,9-18H2,3-6H3. The van der Waals surface area contributed by atoms with Crippen LogP contribution in [0.5, 0.6) is 0 Å². The topological polar surface area (TPSA) is 99.3 Å². The van der Waals surface area contributed by atoms with Gasteiger partial charge in [-0.1, -0.05) is 39.8 Å². The monoisotopic (exact) mass is 468 g/mol. The maximum Gasteiger partial charge on any atom is 0.168 e. The molecular formula is C28H40N2O4.